The molecule has 5 nitrogen and oxygen atoms in total. The van der Waals surface area contributed by atoms with Crippen molar-refractivity contribution in [3.8, 4) is 11.5 Å². The molecular weight excluding hydrogens is 313 g/mol. The van der Waals surface area contributed by atoms with Crippen molar-refractivity contribution in [2.75, 3.05) is 19.0 Å². The molecule has 0 saturated carbocycles. The number of nitrogens with one attached hydrogen (secondary N) is 1. The van der Waals surface area contributed by atoms with Crippen LogP contribution in [-0.4, -0.2) is 31.8 Å². The molecule has 130 valence electrons. The topological polar surface area (TPSA) is 73.6 Å². The summed E-state index contributed by atoms with van der Waals surface area (Å²) in [5.74, 6) is -0.404. The molecule has 8 heteroatoms. The van der Waals surface area contributed by atoms with E-state index in [0.717, 1.165) is 6.42 Å². The summed E-state index contributed by atoms with van der Waals surface area (Å²) in [6.07, 6.45) is -3.74. The Morgan fingerprint density at radius 3 is 2.52 bits per heavy atom. The molecule has 0 saturated heterocycles. The van der Waals surface area contributed by atoms with E-state index >= 15 is 0 Å². The van der Waals surface area contributed by atoms with Crippen LogP contribution in [0.5, 0.6) is 11.5 Å². The van der Waals surface area contributed by atoms with Gasteiger partial charge in [-0.15, -0.1) is 0 Å². The Hall–Kier alpha value is -1.96. The van der Waals surface area contributed by atoms with Crippen molar-refractivity contribution in [3.63, 3.8) is 0 Å². The van der Waals surface area contributed by atoms with Gasteiger partial charge >= 0.3 is 6.18 Å². The van der Waals surface area contributed by atoms with Gasteiger partial charge < -0.3 is 20.5 Å². The van der Waals surface area contributed by atoms with Gasteiger partial charge in [-0.2, -0.15) is 13.2 Å². The molecule has 1 amide bonds. The fourth-order valence-corrected chi connectivity index (χ4v) is 1.76. The monoisotopic (exact) mass is 334 g/mol. The summed E-state index contributed by atoms with van der Waals surface area (Å²) in [5.41, 5.74) is 6.10. The minimum Gasteiger partial charge on any atom is -0.493 e. The molecule has 3 N–H and O–H groups in total. The predicted octanol–water partition coefficient (Wildman–Crippen LogP) is 2.95. The van der Waals surface area contributed by atoms with Crippen LogP contribution in [0.1, 0.15) is 20.3 Å². The van der Waals surface area contributed by atoms with Gasteiger partial charge in [-0.1, -0.05) is 20.3 Å². The summed E-state index contributed by atoms with van der Waals surface area (Å²) < 4.78 is 46.5. The van der Waals surface area contributed by atoms with E-state index in [4.69, 9.17) is 15.2 Å². The van der Waals surface area contributed by atoms with Crippen LogP contribution in [0.25, 0.3) is 0 Å². The number of amides is 1. The van der Waals surface area contributed by atoms with E-state index in [0.29, 0.717) is 0 Å². The fraction of sp³-hybridized carbons (Fsp3) is 0.533. The fourth-order valence-electron chi connectivity index (χ4n) is 1.76. The first-order chi connectivity index (χ1) is 10.7. The van der Waals surface area contributed by atoms with Gasteiger partial charge in [-0.3, -0.25) is 4.79 Å². The zero-order chi connectivity index (χ0) is 17.6. The van der Waals surface area contributed by atoms with Crippen molar-refractivity contribution in [2.45, 2.75) is 32.5 Å². The lowest BCUT2D eigenvalue weighted by molar-refractivity contribution is -0.153. The number of hydrogen-bond acceptors (Lipinski definition) is 4. The molecular formula is C15H21F3N2O3. The normalized spacial score (nSPS) is 14.0. The molecule has 0 aliphatic carbocycles. The van der Waals surface area contributed by atoms with Gasteiger partial charge in [0, 0.05) is 11.8 Å². The van der Waals surface area contributed by atoms with Crippen LogP contribution in [0.2, 0.25) is 0 Å². The molecule has 0 bridgehead atoms. The number of nitrogens with two attached hydrogens (primary N) is 1. The SMILES string of the molecule is CCC(C)C(N)C(=O)Nc1ccc(OC)c(OCC(F)(F)F)c1. The smallest absolute Gasteiger partial charge is 0.422 e. The second-order valence-electron chi connectivity index (χ2n) is 5.17. The maximum Gasteiger partial charge on any atom is 0.422 e. The van der Waals surface area contributed by atoms with E-state index in [1.165, 1.54) is 25.3 Å². The molecule has 2 atom stereocenters. The zero-order valence-electron chi connectivity index (χ0n) is 13.2. The number of ether oxygens (including phenoxy) is 2. The van der Waals surface area contributed by atoms with Gasteiger partial charge in [0.1, 0.15) is 0 Å². The Morgan fingerprint density at radius 2 is 2.00 bits per heavy atom. The third-order valence-corrected chi connectivity index (χ3v) is 3.38. The molecule has 0 heterocycles. The number of methoxy groups -OCH3 is 1. The molecule has 0 fully saturated rings. The summed E-state index contributed by atoms with van der Waals surface area (Å²) in [6, 6.07) is 3.48. The second-order valence-corrected chi connectivity index (χ2v) is 5.17. The Morgan fingerprint density at radius 1 is 1.35 bits per heavy atom. The molecule has 0 spiro atoms. The third-order valence-electron chi connectivity index (χ3n) is 3.38. The van der Waals surface area contributed by atoms with Gasteiger partial charge in [0.15, 0.2) is 18.1 Å². The Balaban J connectivity index is 2.86. The first kappa shape index (κ1) is 19.1. The quantitative estimate of drug-likeness (QED) is 0.804. The molecule has 0 radical (unpaired) electrons. The molecule has 2 unspecified atom stereocenters. The van der Waals surface area contributed by atoms with E-state index < -0.39 is 24.7 Å². The van der Waals surface area contributed by atoms with Crippen LogP contribution in [0.3, 0.4) is 0 Å². The highest BCUT2D eigenvalue weighted by Gasteiger charge is 2.29. The van der Waals surface area contributed by atoms with Crippen LogP contribution in [0.15, 0.2) is 18.2 Å². The average Bonchev–Trinajstić information content (AvgIpc) is 2.50. The number of halogens is 3. The summed E-state index contributed by atoms with van der Waals surface area (Å²) in [5, 5.41) is 2.57. The van der Waals surface area contributed by atoms with Crippen molar-refractivity contribution >= 4 is 11.6 Å². The maximum absolute atomic E-state index is 12.3. The van der Waals surface area contributed by atoms with Gasteiger partial charge in [0.25, 0.3) is 0 Å². The predicted molar refractivity (Wildman–Crippen MR) is 80.6 cm³/mol. The standard InChI is InChI=1S/C15H21F3N2O3/c1-4-9(2)13(19)14(21)20-10-5-6-11(22-3)12(7-10)23-8-15(16,17)18/h5-7,9,13H,4,8,19H2,1-3H3,(H,20,21). The third kappa shape index (κ3) is 5.97. The van der Waals surface area contributed by atoms with Crippen LogP contribution >= 0.6 is 0 Å². The second kappa shape index (κ2) is 8.05. The van der Waals surface area contributed by atoms with Crippen LogP contribution in [0, 0.1) is 5.92 Å². The first-order valence-corrected chi connectivity index (χ1v) is 7.12. The minimum absolute atomic E-state index is 0.0193. The lowest BCUT2D eigenvalue weighted by atomic mass is 9.99. The summed E-state index contributed by atoms with van der Waals surface area (Å²) in [4.78, 5) is 12.0. The molecule has 1 rings (SSSR count). The number of carbonyl (C=O) groups is 1. The number of alkyl halides is 3. The van der Waals surface area contributed by atoms with Crippen molar-refractivity contribution in [3.05, 3.63) is 18.2 Å². The number of rotatable bonds is 7. The van der Waals surface area contributed by atoms with Crippen LogP contribution in [0.4, 0.5) is 18.9 Å². The van der Waals surface area contributed by atoms with E-state index in [1.807, 2.05) is 13.8 Å². The largest absolute Gasteiger partial charge is 0.493 e. The molecule has 0 aliphatic heterocycles. The summed E-state index contributed by atoms with van der Waals surface area (Å²) >= 11 is 0. The summed E-state index contributed by atoms with van der Waals surface area (Å²) in [6.45, 7) is 2.30. The number of carbonyl (C=O) groups excluding carboxylic acids is 1. The highest BCUT2D eigenvalue weighted by Crippen LogP contribution is 2.31. The minimum atomic E-state index is -4.47. The van der Waals surface area contributed by atoms with E-state index in [2.05, 4.69) is 5.32 Å². The lowest BCUT2D eigenvalue weighted by Crippen LogP contribution is -2.40. The van der Waals surface area contributed by atoms with Crippen LogP contribution < -0.4 is 20.5 Å². The first-order valence-electron chi connectivity index (χ1n) is 7.12. The van der Waals surface area contributed by atoms with Crippen molar-refractivity contribution < 1.29 is 27.4 Å². The molecule has 0 aliphatic rings. The van der Waals surface area contributed by atoms with Gasteiger partial charge in [-0.25, -0.2) is 0 Å². The van der Waals surface area contributed by atoms with E-state index in [9.17, 15) is 18.0 Å². The molecule has 23 heavy (non-hydrogen) atoms. The summed E-state index contributed by atoms with van der Waals surface area (Å²) in [7, 11) is 1.31. The Labute approximate surface area is 132 Å². The maximum atomic E-state index is 12.3. The van der Waals surface area contributed by atoms with Gasteiger partial charge in [0.2, 0.25) is 5.91 Å². The van der Waals surface area contributed by atoms with E-state index in [-0.39, 0.29) is 23.1 Å². The molecule has 1 aromatic rings. The highest BCUT2D eigenvalue weighted by molar-refractivity contribution is 5.95. The number of hydrogen-bond donors (Lipinski definition) is 2. The average molecular weight is 334 g/mol. The van der Waals surface area contributed by atoms with Crippen molar-refractivity contribution in [1.29, 1.82) is 0 Å². The lowest BCUT2D eigenvalue weighted by Gasteiger charge is -2.18. The van der Waals surface area contributed by atoms with Crippen molar-refractivity contribution in [2.24, 2.45) is 11.7 Å². The van der Waals surface area contributed by atoms with Gasteiger partial charge in [0.05, 0.1) is 13.2 Å². The van der Waals surface area contributed by atoms with Gasteiger partial charge in [-0.05, 0) is 18.1 Å². The highest BCUT2D eigenvalue weighted by atomic mass is 19.4. The number of anilines is 1. The Kier molecular flexibility index (Phi) is 6.68. The molecule has 0 aromatic heterocycles. The Bertz CT molecular complexity index is 535. The molecule has 1 aromatic carbocycles. The number of benzene rings is 1. The van der Waals surface area contributed by atoms with E-state index in [1.54, 1.807) is 0 Å². The van der Waals surface area contributed by atoms with Crippen LogP contribution in [-0.2, 0) is 4.79 Å². The zero-order valence-corrected chi connectivity index (χ0v) is 13.2. The van der Waals surface area contributed by atoms with Crippen molar-refractivity contribution in [1.82, 2.24) is 0 Å².